The number of rotatable bonds is 4. The van der Waals surface area contributed by atoms with Gasteiger partial charge in [0.05, 0.1) is 0 Å². The van der Waals surface area contributed by atoms with Crippen molar-refractivity contribution in [1.29, 1.82) is 0 Å². The van der Waals surface area contributed by atoms with Crippen LogP contribution in [0, 0.1) is 12.7 Å². The van der Waals surface area contributed by atoms with Crippen molar-refractivity contribution in [3.8, 4) is 0 Å². The third-order valence-corrected chi connectivity index (χ3v) is 4.28. The molecular formula is C16H16BrClFN. The highest BCUT2D eigenvalue weighted by Gasteiger charge is 2.08. The predicted molar refractivity (Wildman–Crippen MR) is 85.5 cm³/mol. The third-order valence-electron chi connectivity index (χ3n) is 3.31. The van der Waals surface area contributed by atoms with E-state index >= 15 is 0 Å². The van der Waals surface area contributed by atoms with Gasteiger partial charge in [-0.3, -0.25) is 0 Å². The van der Waals surface area contributed by atoms with Crippen molar-refractivity contribution in [3.05, 3.63) is 68.4 Å². The second-order valence-electron chi connectivity index (χ2n) is 4.85. The zero-order valence-corrected chi connectivity index (χ0v) is 13.7. The highest BCUT2D eigenvalue weighted by atomic mass is 79.9. The van der Waals surface area contributed by atoms with E-state index in [1.165, 1.54) is 0 Å². The SMILES string of the molecule is Cc1ccc(C(C)NCc2ccc(Cl)cc2Br)cc1F. The maximum absolute atomic E-state index is 13.6. The first-order valence-corrected chi connectivity index (χ1v) is 7.58. The molecule has 0 aromatic heterocycles. The summed E-state index contributed by atoms with van der Waals surface area (Å²) >= 11 is 9.41. The Kier molecular flexibility index (Phi) is 5.19. The minimum absolute atomic E-state index is 0.0766. The maximum atomic E-state index is 13.6. The number of halogens is 3. The van der Waals surface area contributed by atoms with Crippen LogP contribution in [0.2, 0.25) is 5.02 Å². The zero-order valence-electron chi connectivity index (χ0n) is 11.4. The summed E-state index contributed by atoms with van der Waals surface area (Å²) in [6.45, 7) is 4.48. The molecular weight excluding hydrogens is 341 g/mol. The smallest absolute Gasteiger partial charge is 0.126 e. The van der Waals surface area contributed by atoms with Crippen molar-refractivity contribution in [2.75, 3.05) is 0 Å². The predicted octanol–water partition coefficient (Wildman–Crippen LogP) is 5.40. The van der Waals surface area contributed by atoms with Gasteiger partial charge in [-0.05, 0) is 48.7 Å². The van der Waals surface area contributed by atoms with E-state index in [1.54, 1.807) is 19.1 Å². The quantitative estimate of drug-likeness (QED) is 0.773. The summed E-state index contributed by atoms with van der Waals surface area (Å²) in [6, 6.07) is 11.1. The van der Waals surface area contributed by atoms with Gasteiger partial charge in [0.25, 0.3) is 0 Å². The van der Waals surface area contributed by atoms with E-state index in [9.17, 15) is 4.39 Å². The van der Waals surface area contributed by atoms with Gasteiger partial charge in [-0.25, -0.2) is 4.39 Å². The van der Waals surface area contributed by atoms with Crippen molar-refractivity contribution in [2.45, 2.75) is 26.4 Å². The maximum Gasteiger partial charge on any atom is 0.126 e. The Morgan fingerprint density at radius 3 is 2.65 bits per heavy atom. The molecule has 0 saturated carbocycles. The Balaban J connectivity index is 2.04. The van der Waals surface area contributed by atoms with E-state index in [0.717, 1.165) is 15.6 Å². The normalized spacial score (nSPS) is 12.4. The van der Waals surface area contributed by atoms with E-state index < -0.39 is 0 Å². The van der Waals surface area contributed by atoms with E-state index in [1.807, 2.05) is 31.2 Å². The first-order valence-electron chi connectivity index (χ1n) is 6.40. The Morgan fingerprint density at radius 2 is 2.00 bits per heavy atom. The van der Waals surface area contributed by atoms with Crippen LogP contribution in [0.4, 0.5) is 4.39 Å². The summed E-state index contributed by atoms with van der Waals surface area (Å²) in [5.74, 6) is -0.163. The molecule has 0 fully saturated rings. The molecule has 0 bridgehead atoms. The molecule has 0 aliphatic rings. The summed E-state index contributed by atoms with van der Waals surface area (Å²) in [4.78, 5) is 0. The van der Waals surface area contributed by atoms with Crippen LogP contribution in [0.3, 0.4) is 0 Å². The molecule has 0 saturated heterocycles. The molecule has 0 amide bonds. The minimum atomic E-state index is -0.163. The van der Waals surface area contributed by atoms with Gasteiger partial charge in [-0.15, -0.1) is 0 Å². The molecule has 106 valence electrons. The second kappa shape index (κ2) is 6.70. The molecule has 1 atom stereocenters. The highest BCUT2D eigenvalue weighted by Crippen LogP contribution is 2.23. The lowest BCUT2D eigenvalue weighted by atomic mass is 10.1. The van der Waals surface area contributed by atoms with Crippen LogP contribution >= 0.6 is 27.5 Å². The van der Waals surface area contributed by atoms with Gasteiger partial charge >= 0.3 is 0 Å². The lowest BCUT2D eigenvalue weighted by Crippen LogP contribution is -2.18. The zero-order chi connectivity index (χ0) is 14.7. The monoisotopic (exact) mass is 355 g/mol. The molecule has 4 heteroatoms. The lowest BCUT2D eigenvalue weighted by molar-refractivity contribution is 0.562. The van der Waals surface area contributed by atoms with E-state index in [2.05, 4.69) is 21.2 Å². The van der Waals surface area contributed by atoms with Crippen molar-refractivity contribution in [3.63, 3.8) is 0 Å². The van der Waals surface area contributed by atoms with Crippen LogP contribution in [0.15, 0.2) is 40.9 Å². The Labute approximate surface area is 132 Å². The Hall–Kier alpha value is -0.900. The molecule has 1 unspecified atom stereocenters. The molecule has 0 radical (unpaired) electrons. The fourth-order valence-corrected chi connectivity index (χ4v) is 2.75. The summed E-state index contributed by atoms with van der Waals surface area (Å²) in [7, 11) is 0. The molecule has 2 aromatic rings. The second-order valence-corrected chi connectivity index (χ2v) is 6.14. The third kappa shape index (κ3) is 3.81. The van der Waals surface area contributed by atoms with Gasteiger partial charge in [0.2, 0.25) is 0 Å². The van der Waals surface area contributed by atoms with Crippen molar-refractivity contribution in [1.82, 2.24) is 5.32 Å². The molecule has 2 aromatic carbocycles. The molecule has 1 nitrogen and oxygen atoms in total. The molecule has 0 heterocycles. The summed E-state index contributed by atoms with van der Waals surface area (Å²) < 4.78 is 14.5. The molecule has 0 aliphatic carbocycles. The molecule has 1 N–H and O–H groups in total. The molecule has 2 rings (SSSR count). The van der Waals surface area contributed by atoms with Crippen LogP contribution in [-0.4, -0.2) is 0 Å². The van der Waals surface area contributed by atoms with Crippen LogP contribution < -0.4 is 5.32 Å². The van der Waals surface area contributed by atoms with Crippen LogP contribution in [-0.2, 0) is 6.54 Å². The van der Waals surface area contributed by atoms with Crippen LogP contribution in [0.25, 0.3) is 0 Å². The number of aryl methyl sites for hydroxylation is 1. The topological polar surface area (TPSA) is 12.0 Å². The van der Waals surface area contributed by atoms with Gasteiger partial charge in [0.15, 0.2) is 0 Å². The largest absolute Gasteiger partial charge is 0.306 e. The Bertz CT molecular complexity index is 615. The number of benzene rings is 2. The standard InChI is InChI=1S/C16H16BrClFN/c1-10-3-4-12(7-16(10)19)11(2)20-9-13-5-6-14(18)8-15(13)17/h3-8,11,20H,9H2,1-2H3. The summed E-state index contributed by atoms with van der Waals surface area (Å²) in [6.07, 6.45) is 0. The number of hydrogen-bond acceptors (Lipinski definition) is 1. The molecule has 0 aliphatic heterocycles. The highest BCUT2D eigenvalue weighted by molar-refractivity contribution is 9.10. The first kappa shape index (κ1) is 15.5. The number of nitrogens with one attached hydrogen (secondary N) is 1. The van der Waals surface area contributed by atoms with Gasteiger partial charge in [-0.1, -0.05) is 45.7 Å². The van der Waals surface area contributed by atoms with Gasteiger partial charge < -0.3 is 5.32 Å². The fraction of sp³-hybridized carbons (Fsp3) is 0.250. The van der Waals surface area contributed by atoms with Crippen LogP contribution in [0.5, 0.6) is 0 Å². The average Bonchev–Trinajstić information content (AvgIpc) is 2.40. The van der Waals surface area contributed by atoms with Gasteiger partial charge in [-0.2, -0.15) is 0 Å². The van der Waals surface area contributed by atoms with Crippen molar-refractivity contribution < 1.29 is 4.39 Å². The Morgan fingerprint density at radius 1 is 1.25 bits per heavy atom. The van der Waals surface area contributed by atoms with Crippen molar-refractivity contribution in [2.24, 2.45) is 0 Å². The summed E-state index contributed by atoms with van der Waals surface area (Å²) in [5, 5.41) is 4.09. The van der Waals surface area contributed by atoms with Crippen molar-refractivity contribution >= 4 is 27.5 Å². The van der Waals surface area contributed by atoms with E-state index in [4.69, 9.17) is 11.6 Å². The van der Waals surface area contributed by atoms with Gasteiger partial charge in [0.1, 0.15) is 5.82 Å². The fourth-order valence-electron chi connectivity index (χ4n) is 1.92. The first-order chi connectivity index (χ1) is 9.47. The molecule has 0 spiro atoms. The molecule has 20 heavy (non-hydrogen) atoms. The lowest BCUT2D eigenvalue weighted by Gasteiger charge is -2.15. The van der Waals surface area contributed by atoms with E-state index in [-0.39, 0.29) is 11.9 Å². The van der Waals surface area contributed by atoms with Crippen LogP contribution in [0.1, 0.15) is 29.7 Å². The van der Waals surface area contributed by atoms with E-state index in [0.29, 0.717) is 17.1 Å². The minimum Gasteiger partial charge on any atom is -0.306 e. The number of hydrogen-bond donors (Lipinski definition) is 1. The summed E-state index contributed by atoms with van der Waals surface area (Å²) in [5.41, 5.74) is 2.73. The average molecular weight is 357 g/mol. The van der Waals surface area contributed by atoms with Gasteiger partial charge in [0, 0.05) is 22.1 Å².